The van der Waals surface area contributed by atoms with E-state index in [1.807, 2.05) is 19.1 Å². The van der Waals surface area contributed by atoms with Gasteiger partial charge in [0.2, 0.25) is 0 Å². The highest BCUT2D eigenvalue weighted by Crippen LogP contribution is 2.21. The summed E-state index contributed by atoms with van der Waals surface area (Å²) in [7, 11) is 0. The molecule has 0 atom stereocenters. The van der Waals surface area contributed by atoms with Crippen LogP contribution < -0.4 is 10.4 Å². The van der Waals surface area contributed by atoms with Crippen molar-refractivity contribution in [3.05, 3.63) is 52.9 Å². The van der Waals surface area contributed by atoms with Crippen LogP contribution in [0.25, 0.3) is 11.0 Å². The van der Waals surface area contributed by atoms with Crippen molar-refractivity contribution in [3.8, 4) is 5.75 Å². The number of benzene rings is 1. The van der Waals surface area contributed by atoms with E-state index in [2.05, 4.69) is 6.58 Å². The average Bonchev–Trinajstić information content (AvgIpc) is 2.25. The smallest absolute Gasteiger partial charge is 0.336 e. The van der Waals surface area contributed by atoms with E-state index >= 15 is 0 Å². The second kappa shape index (κ2) is 4.23. The molecule has 3 nitrogen and oxygen atoms in total. The van der Waals surface area contributed by atoms with Crippen LogP contribution >= 0.6 is 0 Å². The zero-order valence-electron chi connectivity index (χ0n) is 9.03. The van der Waals surface area contributed by atoms with E-state index in [1.165, 1.54) is 6.07 Å². The minimum absolute atomic E-state index is 0.342. The molecule has 0 aliphatic carbocycles. The maximum atomic E-state index is 11.2. The maximum absolute atomic E-state index is 11.2. The molecule has 1 aromatic heterocycles. The molecule has 0 bridgehead atoms. The quantitative estimate of drug-likeness (QED) is 0.585. The van der Waals surface area contributed by atoms with Gasteiger partial charge < -0.3 is 9.15 Å². The number of hydrogen-bond acceptors (Lipinski definition) is 3. The van der Waals surface area contributed by atoms with E-state index in [-0.39, 0.29) is 5.63 Å². The molecule has 16 heavy (non-hydrogen) atoms. The third-order valence-corrected chi connectivity index (χ3v) is 2.29. The highest BCUT2D eigenvalue weighted by molar-refractivity contribution is 5.81. The van der Waals surface area contributed by atoms with Crippen molar-refractivity contribution in [2.75, 3.05) is 6.61 Å². The summed E-state index contributed by atoms with van der Waals surface area (Å²) in [4.78, 5) is 11.2. The van der Waals surface area contributed by atoms with Gasteiger partial charge in [-0.3, -0.25) is 0 Å². The molecular formula is C13H12O3. The summed E-state index contributed by atoms with van der Waals surface area (Å²) in [6.45, 7) is 5.88. The van der Waals surface area contributed by atoms with Gasteiger partial charge in [0.25, 0.3) is 0 Å². The lowest BCUT2D eigenvalue weighted by Crippen LogP contribution is -1.98. The van der Waals surface area contributed by atoms with Gasteiger partial charge in [-0.1, -0.05) is 12.7 Å². The first kappa shape index (κ1) is 10.5. The third-order valence-electron chi connectivity index (χ3n) is 2.29. The van der Waals surface area contributed by atoms with E-state index in [0.29, 0.717) is 17.9 Å². The Morgan fingerprint density at radius 2 is 2.25 bits per heavy atom. The van der Waals surface area contributed by atoms with Gasteiger partial charge in [-0.15, -0.1) is 0 Å². The van der Waals surface area contributed by atoms with E-state index < -0.39 is 0 Å². The van der Waals surface area contributed by atoms with Gasteiger partial charge in [-0.25, -0.2) is 4.79 Å². The summed E-state index contributed by atoms with van der Waals surface area (Å²) in [6.07, 6.45) is 1.66. The summed E-state index contributed by atoms with van der Waals surface area (Å²) in [6, 6.07) is 6.92. The Morgan fingerprint density at radius 3 is 3.00 bits per heavy atom. The highest BCUT2D eigenvalue weighted by Gasteiger charge is 2.03. The number of aryl methyl sites for hydroxylation is 1. The zero-order chi connectivity index (χ0) is 11.5. The van der Waals surface area contributed by atoms with Crippen LogP contribution in [0.3, 0.4) is 0 Å². The van der Waals surface area contributed by atoms with Gasteiger partial charge >= 0.3 is 5.63 Å². The number of hydrogen-bond donors (Lipinski definition) is 0. The average molecular weight is 216 g/mol. The van der Waals surface area contributed by atoms with Crippen molar-refractivity contribution in [1.82, 2.24) is 0 Å². The van der Waals surface area contributed by atoms with Crippen molar-refractivity contribution in [3.63, 3.8) is 0 Å². The topological polar surface area (TPSA) is 39.4 Å². The minimum atomic E-state index is -0.342. The largest absolute Gasteiger partial charge is 0.489 e. The summed E-state index contributed by atoms with van der Waals surface area (Å²) in [5.41, 5.74) is 1.11. The predicted molar refractivity (Wildman–Crippen MR) is 62.9 cm³/mol. The molecule has 0 radical (unpaired) electrons. The maximum Gasteiger partial charge on any atom is 0.336 e. The molecule has 0 aliphatic rings. The van der Waals surface area contributed by atoms with Crippen molar-refractivity contribution >= 4 is 11.0 Å². The van der Waals surface area contributed by atoms with E-state index in [4.69, 9.17) is 9.15 Å². The molecule has 1 aromatic carbocycles. The van der Waals surface area contributed by atoms with Crippen LogP contribution in [0.2, 0.25) is 0 Å². The van der Waals surface area contributed by atoms with Crippen LogP contribution in [0, 0.1) is 6.92 Å². The molecule has 0 amide bonds. The lowest BCUT2D eigenvalue weighted by molar-refractivity contribution is 0.363. The Morgan fingerprint density at radius 1 is 1.44 bits per heavy atom. The molecule has 2 aromatic rings. The fourth-order valence-corrected chi connectivity index (χ4v) is 1.55. The summed E-state index contributed by atoms with van der Waals surface area (Å²) < 4.78 is 10.5. The van der Waals surface area contributed by atoms with Crippen LogP contribution in [0.1, 0.15) is 5.56 Å². The first-order valence-electron chi connectivity index (χ1n) is 4.99. The molecule has 0 fully saturated rings. The Balaban J connectivity index is 2.52. The molecule has 0 saturated heterocycles. The van der Waals surface area contributed by atoms with Crippen LogP contribution in [0.4, 0.5) is 0 Å². The number of ether oxygens (including phenoxy) is 1. The first-order chi connectivity index (χ1) is 7.70. The fraction of sp³-hybridized carbons (Fsp3) is 0.154. The lowest BCUT2D eigenvalue weighted by atomic mass is 10.1. The second-order valence-electron chi connectivity index (χ2n) is 3.51. The molecule has 0 saturated carbocycles. The predicted octanol–water partition coefficient (Wildman–Crippen LogP) is 2.67. The molecule has 0 N–H and O–H groups in total. The van der Waals surface area contributed by atoms with Crippen LogP contribution in [0.5, 0.6) is 5.75 Å². The molecule has 0 aliphatic heterocycles. The zero-order valence-corrected chi connectivity index (χ0v) is 9.03. The first-order valence-corrected chi connectivity index (χ1v) is 4.99. The molecule has 3 heteroatoms. The van der Waals surface area contributed by atoms with Gasteiger partial charge in [0, 0.05) is 17.5 Å². The van der Waals surface area contributed by atoms with Gasteiger partial charge in [0.1, 0.15) is 17.9 Å². The Labute approximate surface area is 93.0 Å². The molecule has 2 rings (SSSR count). The van der Waals surface area contributed by atoms with Crippen molar-refractivity contribution < 1.29 is 9.15 Å². The monoisotopic (exact) mass is 216 g/mol. The highest BCUT2D eigenvalue weighted by atomic mass is 16.5. The van der Waals surface area contributed by atoms with E-state index in [9.17, 15) is 4.79 Å². The lowest BCUT2D eigenvalue weighted by Gasteiger charge is -2.05. The molecule has 0 spiro atoms. The molecule has 82 valence electrons. The number of fused-ring (bicyclic) bond motifs is 1. The van der Waals surface area contributed by atoms with Crippen LogP contribution in [0.15, 0.2) is 46.1 Å². The van der Waals surface area contributed by atoms with E-state index in [1.54, 1.807) is 12.1 Å². The summed E-state index contributed by atoms with van der Waals surface area (Å²) in [5.74, 6) is 0.668. The molecule has 1 heterocycles. The Kier molecular flexibility index (Phi) is 2.77. The third kappa shape index (κ3) is 1.98. The Bertz CT molecular complexity index is 581. The molecule has 0 unspecified atom stereocenters. The summed E-state index contributed by atoms with van der Waals surface area (Å²) in [5, 5.41) is 0.922. The SMILES string of the molecule is C=CCOc1ccc2c(C)cc(=O)oc2c1. The Hall–Kier alpha value is -2.03. The van der Waals surface area contributed by atoms with Crippen LogP contribution in [-0.4, -0.2) is 6.61 Å². The number of rotatable bonds is 3. The standard InChI is InChI=1S/C13H12O3/c1-3-6-15-10-4-5-11-9(2)7-13(14)16-12(11)8-10/h3-5,7-8H,1,6H2,2H3. The summed E-state index contributed by atoms with van der Waals surface area (Å²) >= 11 is 0. The van der Waals surface area contributed by atoms with E-state index in [0.717, 1.165) is 10.9 Å². The van der Waals surface area contributed by atoms with Crippen molar-refractivity contribution in [2.45, 2.75) is 6.92 Å². The fourth-order valence-electron chi connectivity index (χ4n) is 1.55. The van der Waals surface area contributed by atoms with Gasteiger partial charge in [-0.2, -0.15) is 0 Å². The van der Waals surface area contributed by atoms with Gasteiger partial charge in [0.15, 0.2) is 0 Å². The van der Waals surface area contributed by atoms with Crippen molar-refractivity contribution in [1.29, 1.82) is 0 Å². The van der Waals surface area contributed by atoms with Crippen molar-refractivity contribution in [2.24, 2.45) is 0 Å². The van der Waals surface area contributed by atoms with Gasteiger partial charge in [-0.05, 0) is 24.6 Å². The normalized spacial score (nSPS) is 10.3. The minimum Gasteiger partial charge on any atom is -0.489 e. The second-order valence-corrected chi connectivity index (χ2v) is 3.51. The molecular weight excluding hydrogens is 204 g/mol. The van der Waals surface area contributed by atoms with Gasteiger partial charge in [0.05, 0.1) is 0 Å². The van der Waals surface area contributed by atoms with Crippen LogP contribution in [-0.2, 0) is 0 Å².